The van der Waals surface area contributed by atoms with Crippen LogP contribution >= 0.6 is 11.8 Å². The van der Waals surface area contributed by atoms with Crippen LogP contribution in [0.15, 0.2) is 29.7 Å². The molecule has 93 valence electrons. The standard InChI is InChI=1S/C14H11N4S/c1-2-14(5-3-4-6-19-14)12-10(8-15)7-11(9-16)13(17)18-12/h3-7H,1-2H2,(H2,17,18). The van der Waals surface area contributed by atoms with Crippen LogP contribution in [-0.2, 0) is 4.75 Å². The number of nitrogens with zero attached hydrogens (tertiary/aromatic N) is 3. The Morgan fingerprint density at radius 1 is 1.32 bits per heavy atom. The highest BCUT2D eigenvalue weighted by Crippen LogP contribution is 2.44. The summed E-state index contributed by atoms with van der Waals surface area (Å²) in [6.07, 6.45) is 6.31. The number of nitriles is 2. The minimum Gasteiger partial charge on any atom is -0.383 e. The minimum atomic E-state index is -0.498. The summed E-state index contributed by atoms with van der Waals surface area (Å²) in [5.74, 6) is 0.146. The number of rotatable bonds is 2. The molecule has 19 heavy (non-hydrogen) atoms. The number of hydrogen-bond donors (Lipinski definition) is 1. The SMILES string of the molecule is [CH2]CC1(c2nc(N)c(C#N)cc2C#N)C=CC=CS1. The van der Waals surface area contributed by atoms with E-state index in [4.69, 9.17) is 11.0 Å². The molecule has 1 aromatic rings. The van der Waals surface area contributed by atoms with Crippen LogP contribution in [0, 0.1) is 29.6 Å². The molecule has 2 rings (SSSR count). The minimum absolute atomic E-state index is 0.146. The van der Waals surface area contributed by atoms with E-state index in [0.29, 0.717) is 17.7 Å². The third-order valence-electron chi connectivity index (χ3n) is 2.90. The van der Waals surface area contributed by atoms with Gasteiger partial charge in [0, 0.05) is 0 Å². The molecule has 5 heteroatoms. The van der Waals surface area contributed by atoms with Gasteiger partial charge in [0.25, 0.3) is 0 Å². The number of nitrogens with two attached hydrogens (primary N) is 1. The maximum atomic E-state index is 9.26. The Balaban J connectivity index is 2.66. The number of hydrogen-bond acceptors (Lipinski definition) is 5. The second kappa shape index (κ2) is 5.17. The Labute approximate surface area is 116 Å². The van der Waals surface area contributed by atoms with Gasteiger partial charge in [-0.2, -0.15) is 10.5 Å². The average Bonchev–Trinajstić information content (AvgIpc) is 2.47. The van der Waals surface area contributed by atoms with Gasteiger partial charge in [-0.25, -0.2) is 4.98 Å². The fraction of sp³-hybridized carbons (Fsp3) is 0.143. The first-order valence-corrected chi connectivity index (χ1v) is 6.47. The molecule has 0 spiro atoms. The zero-order valence-electron chi connectivity index (χ0n) is 10.1. The summed E-state index contributed by atoms with van der Waals surface area (Å²) in [6.45, 7) is 3.94. The maximum Gasteiger partial charge on any atom is 0.141 e. The topological polar surface area (TPSA) is 86.5 Å². The Morgan fingerprint density at radius 2 is 2.05 bits per heavy atom. The van der Waals surface area contributed by atoms with Gasteiger partial charge < -0.3 is 5.73 Å². The summed E-state index contributed by atoms with van der Waals surface area (Å²) in [5, 5.41) is 20.1. The smallest absolute Gasteiger partial charge is 0.141 e. The number of aromatic nitrogens is 1. The number of pyridine rings is 1. The highest BCUT2D eigenvalue weighted by molar-refractivity contribution is 8.03. The van der Waals surface area contributed by atoms with Crippen molar-refractivity contribution in [2.24, 2.45) is 0 Å². The van der Waals surface area contributed by atoms with Crippen LogP contribution in [0.5, 0.6) is 0 Å². The second-order valence-corrected chi connectivity index (χ2v) is 5.22. The van der Waals surface area contributed by atoms with Gasteiger partial charge >= 0.3 is 0 Å². The van der Waals surface area contributed by atoms with Gasteiger partial charge in [0.15, 0.2) is 0 Å². The molecule has 0 amide bonds. The van der Waals surface area contributed by atoms with Crippen LogP contribution in [-0.4, -0.2) is 4.98 Å². The van der Waals surface area contributed by atoms with Crippen LogP contribution in [0.1, 0.15) is 23.2 Å². The maximum absolute atomic E-state index is 9.26. The van der Waals surface area contributed by atoms with Crippen LogP contribution < -0.4 is 5.73 Å². The summed E-state index contributed by atoms with van der Waals surface area (Å²) < 4.78 is -0.498. The highest BCUT2D eigenvalue weighted by Gasteiger charge is 2.33. The molecule has 0 bridgehead atoms. The molecule has 1 aliphatic heterocycles. The zero-order chi connectivity index (χ0) is 13.9. The quantitative estimate of drug-likeness (QED) is 0.890. The molecule has 4 nitrogen and oxygen atoms in total. The molecule has 1 atom stereocenters. The molecule has 0 saturated carbocycles. The Hall–Kier alpha value is -2.24. The first kappa shape index (κ1) is 13.2. The first-order chi connectivity index (χ1) is 9.16. The molecule has 1 unspecified atom stereocenters. The largest absolute Gasteiger partial charge is 0.383 e. The van der Waals surface area contributed by atoms with Gasteiger partial charge in [-0.3, -0.25) is 0 Å². The molecule has 1 aromatic heterocycles. The Morgan fingerprint density at radius 3 is 2.58 bits per heavy atom. The third-order valence-corrected chi connectivity index (χ3v) is 4.15. The molecular weight excluding hydrogens is 256 g/mol. The monoisotopic (exact) mass is 267 g/mol. The van der Waals surface area contributed by atoms with Gasteiger partial charge in [0.2, 0.25) is 0 Å². The molecule has 0 aliphatic carbocycles. The van der Waals surface area contributed by atoms with Gasteiger partial charge in [-0.1, -0.05) is 25.2 Å². The van der Waals surface area contributed by atoms with Gasteiger partial charge in [0.05, 0.1) is 21.6 Å². The van der Waals surface area contributed by atoms with E-state index in [1.165, 1.54) is 17.8 Å². The molecule has 0 saturated heterocycles. The van der Waals surface area contributed by atoms with Crippen LogP contribution in [0.3, 0.4) is 0 Å². The van der Waals surface area contributed by atoms with Crippen LogP contribution in [0.4, 0.5) is 5.82 Å². The molecule has 2 heterocycles. The van der Waals surface area contributed by atoms with Crippen molar-refractivity contribution in [1.82, 2.24) is 4.98 Å². The fourth-order valence-electron chi connectivity index (χ4n) is 1.88. The van der Waals surface area contributed by atoms with Crippen molar-refractivity contribution in [2.75, 3.05) is 5.73 Å². The Kier molecular flexibility index (Phi) is 3.59. The van der Waals surface area contributed by atoms with Gasteiger partial charge in [0.1, 0.15) is 18.0 Å². The van der Waals surface area contributed by atoms with Crippen LogP contribution in [0.25, 0.3) is 0 Å². The fourth-order valence-corrected chi connectivity index (χ4v) is 2.83. The normalized spacial score (nSPS) is 20.8. The van der Waals surface area contributed by atoms with Crippen molar-refractivity contribution in [3.05, 3.63) is 53.4 Å². The van der Waals surface area contributed by atoms with E-state index >= 15 is 0 Å². The zero-order valence-corrected chi connectivity index (χ0v) is 10.9. The highest BCUT2D eigenvalue weighted by atomic mass is 32.2. The Bertz CT molecular complexity index is 649. The van der Waals surface area contributed by atoms with E-state index < -0.39 is 4.75 Å². The predicted octanol–water partition coefficient (Wildman–Crippen LogP) is 2.64. The summed E-state index contributed by atoms with van der Waals surface area (Å²) >= 11 is 1.53. The summed E-state index contributed by atoms with van der Waals surface area (Å²) in [7, 11) is 0. The lowest BCUT2D eigenvalue weighted by Crippen LogP contribution is -2.23. The number of anilines is 1. The predicted molar refractivity (Wildman–Crippen MR) is 75.6 cm³/mol. The molecular formula is C14H11N4S. The number of thioether (sulfide) groups is 1. The lowest BCUT2D eigenvalue weighted by Gasteiger charge is -2.29. The van der Waals surface area contributed by atoms with E-state index in [2.05, 4.69) is 18.0 Å². The number of nitrogen functional groups attached to an aromatic ring is 1. The average molecular weight is 267 g/mol. The van der Waals surface area contributed by atoms with E-state index in [1.54, 1.807) is 0 Å². The summed E-state index contributed by atoms with van der Waals surface area (Å²) in [5.41, 5.74) is 6.91. The van der Waals surface area contributed by atoms with Crippen molar-refractivity contribution in [2.45, 2.75) is 11.2 Å². The van der Waals surface area contributed by atoms with Gasteiger partial charge in [-0.05, 0) is 17.9 Å². The molecule has 0 fully saturated rings. The number of allylic oxidation sites excluding steroid dienone is 2. The second-order valence-electron chi connectivity index (χ2n) is 3.99. The first-order valence-electron chi connectivity index (χ1n) is 5.59. The summed E-state index contributed by atoms with van der Waals surface area (Å²) in [6, 6.07) is 5.51. The molecule has 1 aliphatic rings. The summed E-state index contributed by atoms with van der Waals surface area (Å²) in [4.78, 5) is 4.27. The van der Waals surface area contributed by atoms with E-state index in [9.17, 15) is 5.26 Å². The van der Waals surface area contributed by atoms with E-state index in [0.717, 1.165) is 0 Å². The van der Waals surface area contributed by atoms with Crippen molar-refractivity contribution >= 4 is 17.6 Å². The van der Waals surface area contributed by atoms with Gasteiger partial charge in [-0.15, -0.1) is 11.8 Å². The molecule has 2 N–H and O–H groups in total. The lowest BCUT2D eigenvalue weighted by molar-refractivity contribution is 0.751. The van der Waals surface area contributed by atoms with Crippen LogP contribution in [0.2, 0.25) is 0 Å². The van der Waals surface area contributed by atoms with Crippen molar-refractivity contribution in [3.8, 4) is 12.1 Å². The van der Waals surface area contributed by atoms with Crippen molar-refractivity contribution in [1.29, 1.82) is 10.5 Å². The van der Waals surface area contributed by atoms with Crippen molar-refractivity contribution < 1.29 is 0 Å². The molecule has 0 aromatic carbocycles. The lowest BCUT2D eigenvalue weighted by atomic mass is 9.95. The van der Waals surface area contributed by atoms with E-state index in [-0.39, 0.29) is 11.4 Å². The molecule has 1 radical (unpaired) electrons. The third kappa shape index (κ3) is 2.21. The van der Waals surface area contributed by atoms with Crippen molar-refractivity contribution in [3.63, 3.8) is 0 Å². The van der Waals surface area contributed by atoms with E-state index in [1.807, 2.05) is 29.7 Å².